The van der Waals surface area contributed by atoms with Crippen LogP contribution in [0, 0.1) is 11.5 Å². The molecule has 0 bridgehead atoms. The Morgan fingerprint density at radius 2 is 2.08 bits per heavy atom. The monoisotopic (exact) mass is 159 g/mol. The number of nitrogens with zero attached hydrogens (tertiary/aromatic N) is 1. The van der Waals surface area contributed by atoms with Crippen LogP contribution in [0.15, 0.2) is 36.4 Å². The second kappa shape index (κ2) is 4.97. The van der Waals surface area contributed by atoms with E-state index in [1.54, 1.807) is 12.3 Å². The van der Waals surface area contributed by atoms with Crippen molar-refractivity contribution in [3.05, 3.63) is 42.0 Å². The van der Waals surface area contributed by atoms with Gasteiger partial charge in [-0.15, -0.1) is 0 Å². The van der Waals surface area contributed by atoms with Crippen molar-refractivity contribution in [2.45, 2.75) is 0 Å². The van der Waals surface area contributed by atoms with E-state index in [4.69, 9.17) is 5.26 Å². The van der Waals surface area contributed by atoms with Crippen molar-refractivity contribution in [3.8, 4) is 6.26 Å². The molecule has 0 unspecified atom stereocenters. The third-order valence-electron chi connectivity index (χ3n) is 1.35. The van der Waals surface area contributed by atoms with Crippen molar-refractivity contribution in [2.75, 3.05) is 6.61 Å². The van der Waals surface area contributed by atoms with Gasteiger partial charge in [-0.05, 0) is 11.6 Å². The van der Waals surface area contributed by atoms with Crippen molar-refractivity contribution in [1.29, 1.82) is 5.26 Å². The molecule has 0 spiro atoms. The molecule has 0 aliphatic carbocycles. The summed E-state index contributed by atoms with van der Waals surface area (Å²) in [6.45, 7) is 0.339. The maximum absolute atomic E-state index is 8.06. The van der Waals surface area contributed by atoms with Crippen LogP contribution in [-0.4, -0.2) is 6.61 Å². The highest BCUT2D eigenvalue weighted by atomic mass is 16.5. The lowest BCUT2D eigenvalue weighted by molar-refractivity contribution is 0.313. The minimum Gasteiger partial charge on any atom is -0.423 e. The summed E-state index contributed by atoms with van der Waals surface area (Å²) in [6, 6.07) is 9.87. The van der Waals surface area contributed by atoms with Gasteiger partial charge in [0, 0.05) is 0 Å². The first-order valence-electron chi connectivity index (χ1n) is 3.66. The van der Waals surface area contributed by atoms with Crippen LogP contribution in [0.25, 0.3) is 6.08 Å². The first kappa shape index (κ1) is 8.35. The summed E-state index contributed by atoms with van der Waals surface area (Å²) in [5, 5.41) is 8.06. The Bertz CT molecular complexity index is 284. The zero-order valence-electron chi connectivity index (χ0n) is 6.60. The first-order valence-corrected chi connectivity index (χ1v) is 3.66. The summed E-state index contributed by atoms with van der Waals surface area (Å²) in [6.07, 6.45) is 5.32. The minimum atomic E-state index is 0.339. The Balaban J connectivity index is 2.43. The van der Waals surface area contributed by atoms with Gasteiger partial charge in [0.05, 0.1) is 0 Å². The molecule has 0 aromatic heterocycles. The van der Waals surface area contributed by atoms with Gasteiger partial charge in [-0.3, -0.25) is 0 Å². The molecule has 0 heterocycles. The van der Waals surface area contributed by atoms with Gasteiger partial charge < -0.3 is 4.74 Å². The Morgan fingerprint density at radius 3 is 2.75 bits per heavy atom. The highest BCUT2D eigenvalue weighted by Gasteiger charge is 1.81. The largest absolute Gasteiger partial charge is 0.423 e. The molecular formula is C10H9NO. The van der Waals surface area contributed by atoms with Crippen molar-refractivity contribution in [1.82, 2.24) is 0 Å². The molecule has 60 valence electrons. The lowest BCUT2D eigenvalue weighted by Crippen LogP contribution is -1.79. The number of ether oxygens (including phenoxy) is 1. The van der Waals surface area contributed by atoms with E-state index >= 15 is 0 Å². The average Bonchev–Trinajstić information content (AvgIpc) is 2.14. The second-order valence-corrected chi connectivity index (χ2v) is 2.22. The molecule has 1 aromatic carbocycles. The molecule has 2 heteroatoms. The van der Waals surface area contributed by atoms with Crippen LogP contribution < -0.4 is 0 Å². The molecule has 1 aromatic rings. The van der Waals surface area contributed by atoms with Gasteiger partial charge in [0.1, 0.15) is 6.61 Å². The van der Waals surface area contributed by atoms with Gasteiger partial charge in [-0.2, -0.15) is 5.26 Å². The van der Waals surface area contributed by atoms with Gasteiger partial charge in [0.2, 0.25) is 0 Å². The number of benzene rings is 1. The zero-order chi connectivity index (χ0) is 8.65. The van der Waals surface area contributed by atoms with E-state index in [0.29, 0.717) is 6.61 Å². The van der Waals surface area contributed by atoms with Crippen LogP contribution in [-0.2, 0) is 4.74 Å². The fourth-order valence-corrected chi connectivity index (χ4v) is 0.834. The Hall–Kier alpha value is -1.75. The Morgan fingerprint density at radius 1 is 1.33 bits per heavy atom. The van der Waals surface area contributed by atoms with Crippen molar-refractivity contribution >= 4 is 6.08 Å². The van der Waals surface area contributed by atoms with E-state index in [2.05, 4.69) is 4.74 Å². The topological polar surface area (TPSA) is 33.0 Å². The van der Waals surface area contributed by atoms with Crippen LogP contribution in [0.2, 0.25) is 0 Å². The molecule has 12 heavy (non-hydrogen) atoms. The second-order valence-electron chi connectivity index (χ2n) is 2.22. The molecule has 1 rings (SSSR count). The molecule has 0 N–H and O–H groups in total. The molecule has 0 amide bonds. The lowest BCUT2D eigenvalue weighted by atomic mass is 10.2. The molecule has 0 aliphatic heterocycles. The molecule has 2 nitrogen and oxygen atoms in total. The molecule has 0 saturated carbocycles. The van der Waals surface area contributed by atoms with E-state index in [1.165, 1.54) is 0 Å². The van der Waals surface area contributed by atoms with E-state index in [9.17, 15) is 0 Å². The fourth-order valence-electron chi connectivity index (χ4n) is 0.834. The Kier molecular flexibility index (Phi) is 3.46. The van der Waals surface area contributed by atoms with Gasteiger partial charge >= 0.3 is 0 Å². The third kappa shape index (κ3) is 2.89. The van der Waals surface area contributed by atoms with E-state index in [1.807, 2.05) is 36.4 Å². The molecule has 0 fully saturated rings. The molecule has 0 saturated heterocycles. The lowest BCUT2D eigenvalue weighted by Gasteiger charge is -1.90. The number of rotatable bonds is 3. The zero-order valence-corrected chi connectivity index (χ0v) is 6.60. The van der Waals surface area contributed by atoms with Crippen LogP contribution in [0.5, 0.6) is 0 Å². The summed E-state index contributed by atoms with van der Waals surface area (Å²) in [5.74, 6) is 0. The van der Waals surface area contributed by atoms with Crippen LogP contribution >= 0.6 is 0 Å². The van der Waals surface area contributed by atoms with Crippen molar-refractivity contribution in [2.24, 2.45) is 0 Å². The highest BCUT2D eigenvalue weighted by molar-refractivity contribution is 5.48. The highest BCUT2D eigenvalue weighted by Crippen LogP contribution is 2.00. The van der Waals surface area contributed by atoms with Crippen molar-refractivity contribution in [3.63, 3.8) is 0 Å². The first-order chi connectivity index (χ1) is 5.93. The van der Waals surface area contributed by atoms with Gasteiger partial charge in [0.15, 0.2) is 0 Å². The smallest absolute Gasteiger partial charge is 0.286 e. The minimum absolute atomic E-state index is 0.339. The van der Waals surface area contributed by atoms with Gasteiger partial charge in [-0.25, -0.2) is 0 Å². The summed E-state index contributed by atoms with van der Waals surface area (Å²) in [5.41, 5.74) is 1.11. The summed E-state index contributed by atoms with van der Waals surface area (Å²) < 4.78 is 4.47. The quantitative estimate of drug-likeness (QED) is 0.500. The van der Waals surface area contributed by atoms with Gasteiger partial charge in [-0.1, -0.05) is 36.4 Å². The van der Waals surface area contributed by atoms with Crippen LogP contribution in [0.1, 0.15) is 5.56 Å². The standard InChI is InChI=1S/C10H9NO/c11-9-12-8-4-7-10-5-2-1-3-6-10/h1-7H,8H2/b7-4-. The fraction of sp³-hybridized carbons (Fsp3) is 0.100. The predicted molar refractivity (Wildman–Crippen MR) is 47.0 cm³/mol. The average molecular weight is 159 g/mol. The number of nitriles is 1. The maximum Gasteiger partial charge on any atom is 0.286 e. The molecular weight excluding hydrogens is 150 g/mol. The van der Waals surface area contributed by atoms with Crippen molar-refractivity contribution < 1.29 is 4.74 Å². The molecule has 0 atom stereocenters. The Labute approximate surface area is 71.7 Å². The SMILES string of the molecule is N#COC/C=C\c1ccccc1. The van der Waals surface area contributed by atoms with E-state index < -0.39 is 0 Å². The van der Waals surface area contributed by atoms with Gasteiger partial charge in [0.25, 0.3) is 6.26 Å². The van der Waals surface area contributed by atoms with E-state index in [0.717, 1.165) is 5.56 Å². The van der Waals surface area contributed by atoms with Crippen LogP contribution in [0.4, 0.5) is 0 Å². The summed E-state index contributed by atoms with van der Waals surface area (Å²) >= 11 is 0. The number of hydrogen-bond donors (Lipinski definition) is 0. The molecule has 0 aliphatic rings. The van der Waals surface area contributed by atoms with Crippen LogP contribution in [0.3, 0.4) is 0 Å². The third-order valence-corrected chi connectivity index (χ3v) is 1.35. The maximum atomic E-state index is 8.06. The predicted octanol–water partition coefficient (Wildman–Crippen LogP) is 2.20. The number of hydrogen-bond acceptors (Lipinski definition) is 2. The normalized spacial score (nSPS) is 9.58. The van der Waals surface area contributed by atoms with E-state index in [-0.39, 0.29) is 0 Å². The summed E-state index contributed by atoms with van der Waals surface area (Å²) in [7, 11) is 0. The molecule has 0 radical (unpaired) electrons. The summed E-state index contributed by atoms with van der Waals surface area (Å²) in [4.78, 5) is 0.